The summed E-state index contributed by atoms with van der Waals surface area (Å²) in [6, 6.07) is 17.1. The molecule has 22 heavy (non-hydrogen) atoms. The molecule has 0 spiro atoms. The van der Waals surface area contributed by atoms with Gasteiger partial charge in [-0.1, -0.05) is 49.4 Å². The summed E-state index contributed by atoms with van der Waals surface area (Å²) in [6.07, 6.45) is 0.937. The average molecular weight is 296 g/mol. The maximum Gasteiger partial charge on any atom is 0.313 e. The van der Waals surface area contributed by atoms with Gasteiger partial charge in [-0.3, -0.25) is 9.59 Å². The number of carbonyl (C=O) groups excluding carboxylic acids is 2. The minimum Gasteiger partial charge on any atom is -0.333 e. The summed E-state index contributed by atoms with van der Waals surface area (Å²) in [6.45, 7) is 2.47. The first kappa shape index (κ1) is 15.8. The van der Waals surface area contributed by atoms with Crippen molar-refractivity contribution in [2.45, 2.75) is 19.9 Å². The van der Waals surface area contributed by atoms with Crippen LogP contribution in [0, 0.1) is 0 Å². The van der Waals surface area contributed by atoms with Crippen molar-refractivity contribution in [2.24, 2.45) is 0 Å². The van der Waals surface area contributed by atoms with Gasteiger partial charge < -0.3 is 10.2 Å². The van der Waals surface area contributed by atoms with E-state index in [2.05, 4.69) is 12.2 Å². The first-order valence-electron chi connectivity index (χ1n) is 7.29. The summed E-state index contributed by atoms with van der Waals surface area (Å²) in [4.78, 5) is 25.5. The van der Waals surface area contributed by atoms with Crippen molar-refractivity contribution in [1.82, 2.24) is 4.90 Å². The van der Waals surface area contributed by atoms with E-state index in [0.29, 0.717) is 12.2 Å². The monoisotopic (exact) mass is 296 g/mol. The second kappa shape index (κ2) is 7.41. The zero-order chi connectivity index (χ0) is 15.9. The third kappa shape index (κ3) is 4.19. The van der Waals surface area contributed by atoms with E-state index in [4.69, 9.17) is 0 Å². The van der Waals surface area contributed by atoms with Gasteiger partial charge in [-0.15, -0.1) is 0 Å². The van der Waals surface area contributed by atoms with Crippen molar-refractivity contribution in [2.75, 3.05) is 12.4 Å². The minimum absolute atomic E-state index is 0.405. The predicted molar refractivity (Wildman–Crippen MR) is 87.4 cm³/mol. The number of hydrogen-bond donors (Lipinski definition) is 1. The van der Waals surface area contributed by atoms with Crippen LogP contribution in [0.1, 0.15) is 18.1 Å². The molecule has 0 saturated heterocycles. The van der Waals surface area contributed by atoms with Crippen LogP contribution in [0.3, 0.4) is 0 Å². The van der Waals surface area contributed by atoms with Gasteiger partial charge in [0.1, 0.15) is 0 Å². The molecular formula is C18H20N2O2. The molecule has 1 N–H and O–H groups in total. The molecule has 0 aliphatic carbocycles. The number of amides is 2. The Balaban J connectivity index is 1.94. The molecule has 0 aromatic heterocycles. The van der Waals surface area contributed by atoms with Crippen LogP contribution in [0.5, 0.6) is 0 Å². The maximum absolute atomic E-state index is 12.1. The van der Waals surface area contributed by atoms with E-state index in [-0.39, 0.29) is 0 Å². The third-order valence-corrected chi connectivity index (χ3v) is 3.42. The zero-order valence-corrected chi connectivity index (χ0v) is 12.9. The molecule has 0 heterocycles. The lowest BCUT2D eigenvalue weighted by Gasteiger charge is -2.16. The van der Waals surface area contributed by atoms with E-state index in [1.165, 1.54) is 10.5 Å². The Hall–Kier alpha value is -2.62. The Labute approximate surface area is 130 Å². The quantitative estimate of drug-likeness (QED) is 0.882. The van der Waals surface area contributed by atoms with Crippen LogP contribution in [-0.2, 0) is 22.6 Å². The van der Waals surface area contributed by atoms with Crippen LogP contribution in [0.25, 0.3) is 0 Å². The van der Waals surface area contributed by atoms with Gasteiger partial charge in [0.05, 0.1) is 0 Å². The van der Waals surface area contributed by atoms with E-state index < -0.39 is 11.8 Å². The van der Waals surface area contributed by atoms with Crippen LogP contribution in [-0.4, -0.2) is 23.8 Å². The first-order valence-corrected chi connectivity index (χ1v) is 7.29. The van der Waals surface area contributed by atoms with Gasteiger partial charge in [-0.25, -0.2) is 0 Å². The highest BCUT2D eigenvalue weighted by Gasteiger charge is 2.18. The summed E-state index contributed by atoms with van der Waals surface area (Å²) in [7, 11) is 1.62. The summed E-state index contributed by atoms with van der Waals surface area (Å²) < 4.78 is 0. The number of rotatable bonds is 4. The Morgan fingerprint density at radius 1 is 0.955 bits per heavy atom. The molecule has 0 atom stereocenters. The van der Waals surface area contributed by atoms with Gasteiger partial charge in [0, 0.05) is 19.3 Å². The highest BCUT2D eigenvalue weighted by Crippen LogP contribution is 2.10. The molecule has 0 aliphatic rings. The van der Waals surface area contributed by atoms with Gasteiger partial charge in [0.25, 0.3) is 0 Å². The Kier molecular flexibility index (Phi) is 5.31. The molecule has 114 valence electrons. The lowest BCUT2D eigenvalue weighted by molar-refractivity contribution is -0.142. The van der Waals surface area contributed by atoms with E-state index in [9.17, 15) is 9.59 Å². The normalized spacial score (nSPS) is 10.1. The Morgan fingerprint density at radius 2 is 1.59 bits per heavy atom. The molecule has 2 amide bonds. The number of likely N-dealkylation sites (N-methyl/N-ethyl adjacent to an activating group) is 1. The van der Waals surface area contributed by atoms with Gasteiger partial charge in [-0.05, 0) is 29.7 Å². The molecular weight excluding hydrogens is 276 g/mol. The van der Waals surface area contributed by atoms with Crippen LogP contribution in [0.15, 0.2) is 54.6 Å². The van der Waals surface area contributed by atoms with Crippen LogP contribution < -0.4 is 5.32 Å². The predicted octanol–water partition coefficient (Wildman–Crippen LogP) is 2.85. The zero-order valence-electron chi connectivity index (χ0n) is 12.9. The number of anilines is 1. The molecule has 2 rings (SSSR count). The van der Waals surface area contributed by atoms with E-state index >= 15 is 0 Å². The van der Waals surface area contributed by atoms with Gasteiger partial charge >= 0.3 is 11.8 Å². The van der Waals surface area contributed by atoms with E-state index in [1.54, 1.807) is 19.2 Å². The van der Waals surface area contributed by atoms with Crippen molar-refractivity contribution in [3.8, 4) is 0 Å². The van der Waals surface area contributed by atoms with Crippen molar-refractivity contribution < 1.29 is 9.59 Å². The summed E-state index contributed by atoms with van der Waals surface area (Å²) in [5.41, 5.74) is 2.80. The van der Waals surface area contributed by atoms with E-state index in [1.807, 2.05) is 42.5 Å². The smallest absolute Gasteiger partial charge is 0.313 e. The number of hydrogen-bond acceptors (Lipinski definition) is 2. The number of aryl methyl sites for hydroxylation is 1. The molecule has 0 fully saturated rings. The molecule has 0 saturated carbocycles. The van der Waals surface area contributed by atoms with Crippen molar-refractivity contribution in [3.63, 3.8) is 0 Å². The minimum atomic E-state index is -0.623. The summed E-state index contributed by atoms with van der Waals surface area (Å²) >= 11 is 0. The number of benzene rings is 2. The fourth-order valence-corrected chi connectivity index (χ4v) is 2.11. The Bertz CT molecular complexity index is 636. The largest absolute Gasteiger partial charge is 0.333 e. The molecule has 0 unspecified atom stereocenters. The molecule has 0 radical (unpaired) electrons. The van der Waals surface area contributed by atoms with Crippen molar-refractivity contribution in [3.05, 3.63) is 65.7 Å². The molecule has 4 heteroatoms. The number of nitrogens with zero attached hydrogens (tertiary/aromatic N) is 1. The van der Waals surface area contributed by atoms with Gasteiger partial charge in [0.15, 0.2) is 0 Å². The lowest BCUT2D eigenvalue weighted by Crippen LogP contribution is -2.36. The van der Waals surface area contributed by atoms with Crippen LogP contribution >= 0.6 is 0 Å². The van der Waals surface area contributed by atoms with Crippen LogP contribution in [0.2, 0.25) is 0 Å². The second-order valence-corrected chi connectivity index (χ2v) is 5.15. The first-order chi connectivity index (χ1) is 10.6. The summed E-state index contributed by atoms with van der Waals surface area (Å²) in [5, 5.41) is 2.63. The molecule has 0 aliphatic heterocycles. The molecule has 2 aromatic rings. The number of nitrogens with one attached hydrogen (secondary N) is 1. The fourth-order valence-electron chi connectivity index (χ4n) is 2.11. The second-order valence-electron chi connectivity index (χ2n) is 5.15. The summed E-state index contributed by atoms with van der Waals surface area (Å²) in [5.74, 6) is -1.17. The van der Waals surface area contributed by atoms with Gasteiger partial charge in [0.2, 0.25) is 0 Å². The maximum atomic E-state index is 12.1. The van der Waals surface area contributed by atoms with Crippen molar-refractivity contribution >= 4 is 17.5 Å². The molecule has 2 aromatic carbocycles. The topological polar surface area (TPSA) is 49.4 Å². The lowest BCUT2D eigenvalue weighted by atomic mass is 10.1. The van der Waals surface area contributed by atoms with E-state index in [0.717, 1.165) is 12.0 Å². The molecule has 4 nitrogen and oxygen atoms in total. The third-order valence-electron chi connectivity index (χ3n) is 3.42. The highest BCUT2D eigenvalue weighted by molar-refractivity contribution is 6.39. The molecule has 0 bridgehead atoms. The van der Waals surface area contributed by atoms with Crippen molar-refractivity contribution in [1.29, 1.82) is 0 Å². The fraction of sp³-hybridized carbons (Fsp3) is 0.222. The SMILES string of the molecule is CCc1ccc(NC(=O)C(=O)N(C)Cc2ccccc2)cc1. The Morgan fingerprint density at radius 3 is 2.18 bits per heavy atom. The highest BCUT2D eigenvalue weighted by atomic mass is 16.2. The standard InChI is InChI=1S/C18H20N2O2/c1-3-14-9-11-16(12-10-14)19-17(21)18(22)20(2)13-15-7-5-4-6-8-15/h4-12H,3,13H2,1-2H3,(H,19,21). The van der Waals surface area contributed by atoms with Crippen LogP contribution in [0.4, 0.5) is 5.69 Å². The average Bonchev–Trinajstić information content (AvgIpc) is 2.55. The van der Waals surface area contributed by atoms with Gasteiger partial charge in [-0.2, -0.15) is 0 Å². The number of carbonyl (C=O) groups is 2.